The smallest absolute Gasteiger partial charge is 0.261 e. The van der Waals surface area contributed by atoms with Gasteiger partial charge in [-0.1, -0.05) is 11.6 Å². The number of rotatable bonds is 11. The van der Waals surface area contributed by atoms with Gasteiger partial charge in [0.05, 0.1) is 28.1 Å². The minimum atomic E-state index is -2.69. The molecule has 2 aliphatic rings. The van der Waals surface area contributed by atoms with Crippen molar-refractivity contribution in [1.29, 1.82) is 0 Å². The zero-order valence-electron chi connectivity index (χ0n) is 19.7. The van der Waals surface area contributed by atoms with Gasteiger partial charge in [-0.3, -0.25) is 19.3 Å². The maximum absolute atomic E-state index is 14.9. The third-order valence-corrected chi connectivity index (χ3v) is 7.28. The first-order valence-electron chi connectivity index (χ1n) is 11.8. The van der Waals surface area contributed by atoms with Gasteiger partial charge in [-0.25, -0.2) is 13.2 Å². The van der Waals surface area contributed by atoms with E-state index in [9.17, 15) is 27.6 Å². The van der Waals surface area contributed by atoms with E-state index in [1.807, 2.05) is 0 Å². The van der Waals surface area contributed by atoms with Gasteiger partial charge in [0.2, 0.25) is 5.91 Å². The van der Waals surface area contributed by atoms with E-state index in [1.54, 1.807) is 6.07 Å². The lowest BCUT2D eigenvalue weighted by Crippen LogP contribution is -2.52. The predicted molar refractivity (Wildman–Crippen MR) is 134 cm³/mol. The number of amides is 3. The summed E-state index contributed by atoms with van der Waals surface area (Å²) < 4.78 is 47.2. The van der Waals surface area contributed by atoms with Crippen LogP contribution in [0.15, 0.2) is 30.3 Å². The Kier molecular flexibility index (Phi) is 9.06. The second-order valence-corrected chi connectivity index (χ2v) is 10.6. The number of anilines is 2. The molecule has 1 atom stereocenters. The summed E-state index contributed by atoms with van der Waals surface area (Å²) in [4.78, 5) is 40.8. The van der Waals surface area contributed by atoms with Gasteiger partial charge in [0.1, 0.15) is 18.5 Å². The van der Waals surface area contributed by atoms with Crippen molar-refractivity contribution in [3.05, 3.63) is 45.4 Å². The molecule has 4 rings (SSSR count). The molecule has 2 aromatic rings. The Balaban J connectivity index is 1.50. The molecule has 0 bridgehead atoms. The van der Waals surface area contributed by atoms with E-state index in [4.69, 9.17) is 16.3 Å². The number of alkyl halides is 2. The van der Waals surface area contributed by atoms with E-state index >= 15 is 0 Å². The Bertz CT molecular complexity index is 1140. The Morgan fingerprint density at radius 3 is 2.65 bits per heavy atom. The Labute approximate surface area is 220 Å². The largest absolute Gasteiger partial charge is 0.370 e. The van der Waals surface area contributed by atoms with Crippen molar-refractivity contribution in [2.24, 2.45) is 5.92 Å². The number of hydrogen-bond donors (Lipinski definition) is 2. The Hall–Kier alpha value is -2.67. The standard InChI is InChI=1S/C24H26ClF3N4O4S/c25-20-6-5-19(37-20)24(35)29-10-18(31(12-21(27)28)11-14-1-2-14)23(34)30-15-3-4-17(16(26)9-15)32-7-8-36-13-22(32)33/h3-6,9,14,18,21H,1-2,7-8,10-13H2,(H,29,35)(H,30,34)/t18-/m0/s1. The average molecular weight is 559 g/mol. The summed E-state index contributed by atoms with van der Waals surface area (Å²) in [6.07, 6.45) is -0.939. The quantitative estimate of drug-likeness (QED) is 0.440. The van der Waals surface area contributed by atoms with Crippen molar-refractivity contribution >= 4 is 52.0 Å². The summed E-state index contributed by atoms with van der Waals surface area (Å²) in [7, 11) is 0. The van der Waals surface area contributed by atoms with Crippen LogP contribution in [0.25, 0.3) is 0 Å². The normalized spacial score (nSPS) is 16.8. The molecule has 0 unspecified atom stereocenters. The maximum Gasteiger partial charge on any atom is 0.261 e. The number of ether oxygens (including phenoxy) is 1. The molecule has 1 aliphatic carbocycles. The van der Waals surface area contributed by atoms with Gasteiger partial charge in [-0.05, 0) is 49.1 Å². The number of morpholine rings is 1. The van der Waals surface area contributed by atoms with Crippen LogP contribution in [0.1, 0.15) is 22.5 Å². The Morgan fingerprint density at radius 2 is 2.03 bits per heavy atom. The maximum atomic E-state index is 14.9. The fourth-order valence-electron chi connectivity index (χ4n) is 4.04. The second kappa shape index (κ2) is 12.2. The SMILES string of the molecule is O=C(NC[C@@H](C(=O)Nc1ccc(N2CCOCC2=O)c(F)c1)N(CC(F)F)CC1CC1)c1ccc(Cl)s1. The van der Waals surface area contributed by atoms with Crippen LogP contribution in [0.3, 0.4) is 0 Å². The van der Waals surface area contributed by atoms with Crippen LogP contribution in [-0.2, 0) is 14.3 Å². The topological polar surface area (TPSA) is 91.0 Å². The van der Waals surface area contributed by atoms with Gasteiger partial charge in [0, 0.05) is 25.3 Å². The van der Waals surface area contributed by atoms with Gasteiger partial charge in [-0.2, -0.15) is 0 Å². The van der Waals surface area contributed by atoms with Crippen molar-refractivity contribution < 1.29 is 32.3 Å². The van der Waals surface area contributed by atoms with Gasteiger partial charge < -0.3 is 20.3 Å². The predicted octanol–water partition coefficient (Wildman–Crippen LogP) is 3.62. The molecule has 1 saturated carbocycles. The number of nitrogens with zero attached hydrogens (tertiary/aromatic N) is 2. The number of carbonyl (C=O) groups excluding carboxylic acids is 3. The van der Waals surface area contributed by atoms with E-state index in [0.717, 1.165) is 30.2 Å². The molecule has 1 aromatic carbocycles. The fourth-order valence-corrected chi connectivity index (χ4v) is 5.00. The van der Waals surface area contributed by atoms with Crippen LogP contribution >= 0.6 is 22.9 Å². The van der Waals surface area contributed by atoms with Crippen molar-refractivity contribution in [2.75, 3.05) is 49.6 Å². The summed E-state index contributed by atoms with van der Waals surface area (Å²) in [5, 5.41) is 5.21. The minimum Gasteiger partial charge on any atom is -0.370 e. The molecule has 0 spiro atoms. The monoisotopic (exact) mass is 558 g/mol. The second-order valence-electron chi connectivity index (χ2n) is 8.87. The van der Waals surface area contributed by atoms with E-state index in [2.05, 4.69) is 10.6 Å². The van der Waals surface area contributed by atoms with Crippen LogP contribution in [0.4, 0.5) is 24.5 Å². The van der Waals surface area contributed by atoms with E-state index in [1.165, 1.54) is 28.0 Å². The molecule has 1 saturated heterocycles. The molecule has 2 fully saturated rings. The van der Waals surface area contributed by atoms with E-state index < -0.39 is 36.6 Å². The third-order valence-electron chi connectivity index (χ3n) is 6.05. The van der Waals surface area contributed by atoms with E-state index in [0.29, 0.717) is 9.21 Å². The highest BCUT2D eigenvalue weighted by Crippen LogP contribution is 2.31. The van der Waals surface area contributed by atoms with Crippen LogP contribution < -0.4 is 15.5 Å². The van der Waals surface area contributed by atoms with Gasteiger partial charge in [0.15, 0.2) is 0 Å². The first-order valence-corrected chi connectivity index (χ1v) is 12.9. The van der Waals surface area contributed by atoms with Gasteiger partial charge >= 0.3 is 0 Å². The van der Waals surface area contributed by atoms with Crippen LogP contribution in [0.2, 0.25) is 4.34 Å². The van der Waals surface area contributed by atoms with Crippen LogP contribution in [0, 0.1) is 11.7 Å². The Morgan fingerprint density at radius 1 is 1.24 bits per heavy atom. The van der Waals surface area contributed by atoms with Crippen molar-refractivity contribution in [1.82, 2.24) is 10.2 Å². The highest BCUT2D eigenvalue weighted by Gasteiger charge is 2.34. The fraction of sp³-hybridized carbons (Fsp3) is 0.458. The number of nitrogens with one attached hydrogen (secondary N) is 2. The molecule has 37 heavy (non-hydrogen) atoms. The summed E-state index contributed by atoms with van der Waals surface area (Å²) in [6.45, 7) is -0.290. The number of hydrogen-bond acceptors (Lipinski definition) is 6. The lowest BCUT2D eigenvalue weighted by Gasteiger charge is -2.31. The summed E-state index contributed by atoms with van der Waals surface area (Å²) in [6, 6.07) is 5.83. The number of halogens is 4. The molecule has 0 radical (unpaired) electrons. The molecule has 200 valence electrons. The molecule has 8 nitrogen and oxygen atoms in total. The van der Waals surface area contributed by atoms with Crippen molar-refractivity contribution in [2.45, 2.75) is 25.3 Å². The lowest BCUT2D eigenvalue weighted by atomic mass is 10.1. The lowest BCUT2D eigenvalue weighted by molar-refractivity contribution is -0.125. The van der Waals surface area contributed by atoms with E-state index in [-0.39, 0.29) is 56.0 Å². The summed E-state index contributed by atoms with van der Waals surface area (Å²) in [5.41, 5.74) is 0.148. The summed E-state index contributed by atoms with van der Waals surface area (Å²) in [5.74, 6) is -2.06. The highest BCUT2D eigenvalue weighted by atomic mass is 35.5. The van der Waals surface area contributed by atoms with Crippen molar-refractivity contribution in [3.8, 4) is 0 Å². The van der Waals surface area contributed by atoms with Crippen LogP contribution in [-0.4, -0.2) is 74.5 Å². The molecular formula is C24H26ClF3N4O4S. The van der Waals surface area contributed by atoms with Crippen molar-refractivity contribution in [3.63, 3.8) is 0 Å². The molecule has 13 heteroatoms. The highest BCUT2D eigenvalue weighted by molar-refractivity contribution is 7.18. The number of benzene rings is 1. The first-order chi connectivity index (χ1) is 17.7. The molecule has 2 heterocycles. The van der Waals surface area contributed by atoms with Gasteiger partial charge in [-0.15, -0.1) is 11.3 Å². The molecular weight excluding hydrogens is 533 g/mol. The minimum absolute atomic E-state index is 0.0535. The third kappa shape index (κ3) is 7.44. The zero-order valence-corrected chi connectivity index (χ0v) is 21.3. The first kappa shape index (κ1) is 27.4. The van der Waals surface area contributed by atoms with Crippen LogP contribution in [0.5, 0.6) is 0 Å². The molecule has 1 aromatic heterocycles. The zero-order chi connectivity index (χ0) is 26.5. The molecule has 3 amide bonds. The average Bonchev–Trinajstić information content (AvgIpc) is 3.55. The number of carbonyl (C=O) groups is 3. The van der Waals surface area contributed by atoms with Gasteiger partial charge in [0.25, 0.3) is 18.2 Å². The summed E-state index contributed by atoms with van der Waals surface area (Å²) >= 11 is 6.94. The number of thiophene rings is 1. The molecule has 2 N–H and O–H groups in total. The molecule has 1 aliphatic heterocycles.